The summed E-state index contributed by atoms with van der Waals surface area (Å²) in [5.74, 6) is 1.44. The van der Waals surface area contributed by atoms with Crippen molar-refractivity contribution in [2.24, 2.45) is 10.8 Å². The predicted octanol–water partition coefficient (Wildman–Crippen LogP) is 9.06. The summed E-state index contributed by atoms with van der Waals surface area (Å²) in [5, 5.41) is 15.5. The Morgan fingerprint density at radius 1 is 0.837 bits per heavy atom. The Hall–Kier alpha value is -4.21. The highest BCUT2D eigenvalue weighted by Crippen LogP contribution is 2.53. The fraction of sp³-hybridized carbons (Fsp3) is 0.390. The number of benzene rings is 4. The van der Waals surface area contributed by atoms with Gasteiger partial charge >= 0.3 is 6.03 Å². The fourth-order valence-electron chi connectivity index (χ4n) is 8.37. The average molecular weight is 662 g/mol. The first kappa shape index (κ1) is 33.3. The van der Waals surface area contributed by atoms with E-state index in [1.807, 2.05) is 91.0 Å². The number of hydrogen-bond donors (Lipinski definition) is 3. The maximum atomic E-state index is 13.0. The molecule has 1 aliphatic carbocycles. The Balaban J connectivity index is 1.03. The lowest BCUT2D eigenvalue weighted by Gasteiger charge is -2.41. The van der Waals surface area contributed by atoms with Gasteiger partial charge in [-0.1, -0.05) is 75.4 Å². The molecule has 5 unspecified atom stereocenters. The topological polar surface area (TPSA) is 92.3 Å². The molecule has 3 fully saturated rings. The highest BCUT2D eigenvalue weighted by molar-refractivity contribution is 5.99. The van der Waals surface area contributed by atoms with Crippen LogP contribution in [0.1, 0.15) is 75.5 Å². The smallest absolute Gasteiger partial charge is 0.323 e. The predicted molar refractivity (Wildman–Crippen MR) is 192 cm³/mol. The minimum absolute atomic E-state index is 0.00693. The Labute approximate surface area is 289 Å². The first-order valence-corrected chi connectivity index (χ1v) is 17.4. The van der Waals surface area contributed by atoms with Crippen molar-refractivity contribution in [1.29, 1.82) is 0 Å². The minimum atomic E-state index is -0.600. The molecular formula is C41H47N3O5. The molecule has 7 rings (SSSR count). The summed E-state index contributed by atoms with van der Waals surface area (Å²) in [6.45, 7) is 9.23. The number of nitrogens with one attached hydrogen (secondary N) is 2. The van der Waals surface area contributed by atoms with Gasteiger partial charge in [-0.2, -0.15) is 0 Å². The number of anilines is 2. The van der Waals surface area contributed by atoms with Crippen LogP contribution in [0.4, 0.5) is 16.2 Å². The Morgan fingerprint density at radius 2 is 1.57 bits per heavy atom. The molecule has 4 aromatic rings. The molecule has 256 valence electrons. The summed E-state index contributed by atoms with van der Waals surface area (Å²) in [5.41, 5.74) is 4.76. The van der Waals surface area contributed by atoms with E-state index in [0.29, 0.717) is 34.0 Å². The van der Waals surface area contributed by atoms with Gasteiger partial charge in [0.25, 0.3) is 0 Å². The lowest BCUT2D eigenvalue weighted by molar-refractivity contribution is -0.253. The van der Waals surface area contributed by atoms with Crippen molar-refractivity contribution in [2.75, 3.05) is 23.7 Å². The highest BCUT2D eigenvalue weighted by atomic mass is 16.7. The molecule has 2 bridgehead atoms. The van der Waals surface area contributed by atoms with Gasteiger partial charge in [-0.15, -0.1) is 0 Å². The highest BCUT2D eigenvalue weighted by Gasteiger charge is 2.50. The molecule has 3 N–H and O–H groups in total. The lowest BCUT2D eigenvalue weighted by Crippen LogP contribution is -2.42. The van der Waals surface area contributed by atoms with E-state index < -0.39 is 6.29 Å². The van der Waals surface area contributed by atoms with Crippen LogP contribution in [-0.4, -0.2) is 41.3 Å². The van der Waals surface area contributed by atoms with Crippen LogP contribution in [0.2, 0.25) is 0 Å². The van der Waals surface area contributed by atoms with Crippen LogP contribution in [0.15, 0.2) is 103 Å². The van der Waals surface area contributed by atoms with Crippen LogP contribution in [0, 0.1) is 10.8 Å². The number of hydrogen-bond acceptors (Lipinski definition) is 6. The molecule has 2 aliphatic heterocycles. The number of rotatable bonds is 9. The average Bonchev–Trinajstić information content (AvgIpc) is 3.32. The molecule has 2 amide bonds. The second-order valence-corrected chi connectivity index (χ2v) is 15.1. The maximum absolute atomic E-state index is 13.0. The van der Waals surface area contributed by atoms with E-state index in [1.165, 1.54) is 19.3 Å². The van der Waals surface area contributed by atoms with Gasteiger partial charge in [0.1, 0.15) is 11.5 Å². The number of amides is 2. The largest absolute Gasteiger partial charge is 0.457 e. The zero-order valence-electron chi connectivity index (χ0n) is 28.6. The third-order valence-corrected chi connectivity index (χ3v) is 10.1. The van der Waals surface area contributed by atoms with Crippen LogP contribution in [0.3, 0.4) is 0 Å². The van der Waals surface area contributed by atoms with Gasteiger partial charge in [-0.25, -0.2) is 4.79 Å². The molecule has 4 aromatic carbocycles. The third kappa shape index (κ3) is 8.16. The number of aliphatic hydroxyl groups is 1. The van der Waals surface area contributed by atoms with Crippen molar-refractivity contribution in [1.82, 2.24) is 4.90 Å². The van der Waals surface area contributed by atoms with E-state index in [-0.39, 0.29) is 24.8 Å². The standard InChI is InChI=1S/C41H47N3O5/c1-40(2)22-33-23-41(3,26-40)27-44(33)24-36-21-37(29-14-12-28(25-45)13-15-29)49-38(48-36)30-8-7-9-32(20-30)43-39(46)42-31-16-18-35(19-17-31)47-34-10-5-4-6-11-34/h4-20,33,36-38,45H,21-27H2,1-3H3,(H2,42,43,46). The Kier molecular flexibility index (Phi) is 9.48. The molecule has 1 saturated carbocycles. The van der Waals surface area contributed by atoms with Crippen molar-refractivity contribution >= 4 is 17.4 Å². The maximum Gasteiger partial charge on any atom is 0.323 e. The fourth-order valence-corrected chi connectivity index (χ4v) is 8.37. The van der Waals surface area contributed by atoms with Gasteiger partial charge in [0, 0.05) is 42.5 Å². The van der Waals surface area contributed by atoms with Crippen molar-refractivity contribution < 1.29 is 24.1 Å². The van der Waals surface area contributed by atoms with E-state index in [9.17, 15) is 9.90 Å². The molecule has 8 nitrogen and oxygen atoms in total. The molecule has 3 aliphatic rings. The van der Waals surface area contributed by atoms with Crippen LogP contribution in [0.25, 0.3) is 0 Å². The van der Waals surface area contributed by atoms with Gasteiger partial charge in [-0.05, 0) is 89.8 Å². The number of aliphatic hydroxyl groups excluding tert-OH is 1. The van der Waals surface area contributed by atoms with E-state index in [4.69, 9.17) is 14.2 Å². The molecular weight excluding hydrogens is 614 g/mol. The second-order valence-electron chi connectivity index (χ2n) is 15.1. The Bertz CT molecular complexity index is 1730. The molecule has 0 radical (unpaired) electrons. The number of urea groups is 1. The van der Waals surface area contributed by atoms with Gasteiger partial charge in [0.05, 0.1) is 18.8 Å². The minimum Gasteiger partial charge on any atom is -0.457 e. The van der Waals surface area contributed by atoms with Gasteiger partial charge in [0.2, 0.25) is 0 Å². The van der Waals surface area contributed by atoms with Gasteiger partial charge in [-0.3, -0.25) is 4.90 Å². The first-order valence-electron chi connectivity index (χ1n) is 17.4. The Morgan fingerprint density at radius 3 is 2.33 bits per heavy atom. The van der Waals surface area contributed by atoms with E-state index in [2.05, 4.69) is 36.3 Å². The number of carbonyl (C=O) groups is 1. The lowest BCUT2D eigenvalue weighted by atomic mass is 9.65. The van der Waals surface area contributed by atoms with Crippen LogP contribution in [-0.2, 0) is 16.1 Å². The van der Waals surface area contributed by atoms with Crippen molar-refractivity contribution in [2.45, 2.75) is 77.6 Å². The normalized spacial score (nSPS) is 26.2. The number of carbonyl (C=O) groups excluding carboxylic acids is 1. The first-order chi connectivity index (χ1) is 23.6. The zero-order chi connectivity index (χ0) is 34.0. The number of para-hydroxylation sites is 1. The summed E-state index contributed by atoms with van der Waals surface area (Å²) < 4.78 is 19.2. The molecule has 8 heteroatoms. The second kappa shape index (κ2) is 14.0. The van der Waals surface area contributed by atoms with E-state index >= 15 is 0 Å². The van der Waals surface area contributed by atoms with Crippen LogP contribution >= 0.6 is 0 Å². The molecule has 2 heterocycles. The summed E-state index contributed by atoms with van der Waals surface area (Å²) in [7, 11) is 0. The molecule has 2 saturated heterocycles. The van der Waals surface area contributed by atoms with Gasteiger partial charge in [0.15, 0.2) is 6.29 Å². The molecule has 0 aromatic heterocycles. The SMILES string of the molecule is CC1(C)CC2CC(C)(CN2CC2CC(c3ccc(CO)cc3)OC(c3cccc(NC(=O)Nc4ccc(Oc5ccccc5)cc4)c3)O2)C1. The summed E-state index contributed by atoms with van der Waals surface area (Å²) in [4.78, 5) is 15.7. The van der Waals surface area contributed by atoms with Gasteiger partial charge < -0.3 is 30.0 Å². The molecule has 0 spiro atoms. The summed E-state index contributed by atoms with van der Waals surface area (Å²) >= 11 is 0. The summed E-state index contributed by atoms with van der Waals surface area (Å²) in [6.07, 6.45) is 3.66. The zero-order valence-corrected chi connectivity index (χ0v) is 28.6. The molecule has 5 atom stereocenters. The quantitative estimate of drug-likeness (QED) is 0.166. The van der Waals surface area contributed by atoms with E-state index in [1.54, 1.807) is 12.1 Å². The molecule has 49 heavy (non-hydrogen) atoms. The number of nitrogens with zero attached hydrogens (tertiary/aromatic N) is 1. The monoisotopic (exact) mass is 661 g/mol. The number of fused-ring (bicyclic) bond motifs is 2. The number of likely N-dealkylation sites (tertiary alicyclic amines) is 1. The van der Waals surface area contributed by atoms with Crippen molar-refractivity contribution in [3.63, 3.8) is 0 Å². The van der Waals surface area contributed by atoms with Crippen molar-refractivity contribution in [3.05, 3.63) is 120 Å². The summed E-state index contributed by atoms with van der Waals surface area (Å²) in [6, 6.07) is 32.7. The van der Waals surface area contributed by atoms with E-state index in [0.717, 1.165) is 42.0 Å². The van der Waals surface area contributed by atoms with Crippen LogP contribution < -0.4 is 15.4 Å². The number of ether oxygens (including phenoxy) is 3. The van der Waals surface area contributed by atoms with Crippen LogP contribution in [0.5, 0.6) is 11.5 Å². The third-order valence-electron chi connectivity index (χ3n) is 10.1. The van der Waals surface area contributed by atoms with Crippen molar-refractivity contribution in [3.8, 4) is 11.5 Å².